The van der Waals surface area contributed by atoms with Crippen molar-refractivity contribution in [3.8, 4) is 0 Å². The van der Waals surface area contributed by atoms with Crippen molar-refractivity contribution in [1.82, 2.24) is 5.32 Å². The van der Waals surface area contributed by atoms with E-state index in [2.05, 4.69) is 10.1 Å². The van der Waals surface area contributed by atoms with Gasteiger partial charge in [0, 0.05) is 17.1 Å². The van der Waals surface area contributed by atoms with Gasteiger partial charge in [-0.25, -0.2) is 4.79 Å². The van der Waals surface area contributed by atoms with Crippen LogP contribution < -0.4 is 5.32 Å². The number of methoxy groups -OCH3 is 1. The van der Waals surface area contributed by atoms with Crippen LogP contribution in [0, 0.1) is 0 Å². The molecule has 2 aromatic rings. The summed E-state index contributed by atoms with van der Waals surface area (Å²) in [4.78, 5) is 23.5. The van der Waals surface area contributed by atoms with E-state index >= 15 is 0 Å². The Hall–Kier alpha value is -2.33. The number of esters is 1. The molecule has 0 bridgehead atoms. The van der Waals surface area contributed by atoms with Crippen LogP contribution >= 0.6 is 11.6 Å². The zero-order valence-corrected chi connectivity index (χ0v) is 12.9. The highest BCUT2D eigenvalue weighted by molar-refractivity contribution is 6.30. The number of hydrogen-bond donors (Lipinski definition) is 1. The number of hydrogen-bond acceptors (Lipinski definition) is 3. The van der Waals surface area contributed by atoms with Crippen LogP contribution in [0.15, 0.2) is 48.5 Å². The Morgan fingerprint density at radius 2 is 1.77 bits per heavy atom. The minimum atomic E-state index is -0.462. The maximum atomic E-state index is 12.1. The molecule has 0 fully saturated rings. The Morgan fingerprint density at radius 1 is 1.09 bits per heavy atom. The molecule has 5 heteroatoms. The highest BCUT2D eigenvalue weighted by Gasteiger charge is 2.10. The van der Waals surface area contributed by atoms with Gasteiger partial charge in [-0.05, 0) is 42.3 Å². The topological polar surface area (TPSA) is 55.4 Å². The molecule has 1 amide bonds. The minimum Gasteiger partial charge on any atom is -0.465 e. The van der Waals surface area contributed by atoms with Crippen molar-refractivity contribution in [3.63, 3.8) is 0 Å². The summed E-state index contributed by atoms with van der Waals surface area (Å²) in [6, 6.07) is 13.9. The fourth-order valence-corrected chi connectivity index (χ4v) is 2.10. The summed E-state index contributed by atoms with van der Waals surface area (Å²) >= 11 is 5.82. The van der Waals surface area contributed by atoms with Crippen molar-refractivity contribution >= 4 is 23.5 Å². The SMILES string of the molecule is COC(=O)c1cccc(C(=O)NCCc2ccc(Cl)cc2)c1. The van der Waals surface area contributed by atoms with E-state index in [0.717, 1.165) is 5.56 Å². The first-order chi connectivity index (χ1) is 10.6. The first-order valence-corrected chi connectivity index (χ1v) is 7.19. The Bertz CT molecular complexity index is 668. The van der Waals surface area contributed by atoms with Crippen molar-refractivity contribution in [2.75, 3.05) is 13.7 Å². The van der Waals surface area contributed by atoms with Crippen LogP contribution in [0.25, 0.3) is 0 Å². The van der Waals surface area contributed by atoms with Gasteiger partial charge in [0.1, 0.15) is 0 Å². The van der Waals surface area contributed by atoms with E-state index in [9.17, 15) is 9.59 Å². The molecule has 0 unspecified atom stereocenters. The molecule has 2 rings (SSSR count). The lowest BCUT2D eigenvalue weighted by Gasteiger charge is -2.07. The number of nitrogens with one attached hydrogen (secondary N) is 1. The second kappa shape index (κ2) is 7.61. The van der Waals surface area contributed by atoms with Gasteiger partial charge in [0.25, 0.3) is 5.91 Å². The van der Waals surface area contributed by atoms with Crippen LogP contribution in [0.1, 0.15) is 26.3 Å². The van der Waals surface area contributed by atoms with E-state index in [0.29, 0.717) is 29.1 Å². The summed E-state index contributed by atoms with van der Waals surface area (Å²) in [5.41, 5.74) is 1.87. The summed E-state index contributed by atoms with van der Waals surface area (Å²) in [6.45, 7) is 0.503. The summed E-state index contributed by atoms with van der Waals surface area (Å²) in [5, 5.41) is 3.51. The molecule has 0 radical (unpaired) electrons. The molecule has 4 nitrogen and oxygen atoms in total. The average Bonchev–Trinajstić information content (AvgIpc) is 2.56. The average molecular weight is 318 g/mol. The molecule has 114 valence electrons. The molecule has 2 aromatic carbocycles. The van der Waals surface area contributed by atoms with Gasteiger partial charge in [-0.1, -0.05) is 29.8 Å². The Balaban J connectivity index is 1.92. The van der Waals surface area contributed by atoms with Crippen LogP contribution in [0.3, 0.4) is 0 Å². The minimum absolute atomic E-state index is 0.222. The second-order valence-corrected chi connectivity index (χ2v) is 5.14. The van der Waals surface area contributed by atoms with Crippen molar-refractivity contribution in [2.24, 2.45) is 0 Å². The molecule has 0 saturated carbocycles. The van der Waals surface area contributed by atoms with Crippen LogP contribution in [0.5, 0.6) is 0 Å². The fourth-order valence-electron chi connectivity index (χ4n) is 1.98. The Labute approximate surface area is 134 Å². The monoisotopic (exact) mass is 317 g/mol. The maximum absolute atomic E-state index is 12.1. The van der Waals surface area contributed by atoms with Gasteiger partial charge in [-0.3, -0.25) is 4.79 Å². The molecule has 0 aliphatic carbocycles. The largest absolute Gasteiger partial charge is 0.465 e. The quantitative estimate of drug-likeness (QED) is 0.862. The van der Waals surface area contributed by atoms with Crippen LogP contribution in [0.2, 0.25) is 5.02 Å². The summed E-state index contributed by atoms with van der Waals surface area (Å²) in [6.07, 6.45) is 0.708. The predicted molar refractivity (Wildman–Crippen MR) is 85.3 cm³/mol. The molecule has 0 aliphatic heterocycles. The zero-order chi connectivity index (χ0) is 15.9. The van der Waals surface area contributed by atoms with Crippen molar-refractivity contribution in [2.45, 2.75) is 6.42 Å². The van der Waals surface area contributed by atoms with Crippen LogP contribution in [-0.2, 0) is 11.2 Å². The summed E-state index contributed by atoms with van der Waals surface area (Å²) in [5.74, 6) is -0.685. The van der Waals surface area contributed by atoms with Gasteiger partial charge < -0.3 is 10.1 Å². The molecule has 0 aromatic heterocycles. The smallest absolute Gasteiger partial charge is 0.337 e. The molecule has 0 atom stereocenters. The molecular formula is C17H16ClNO3. The van der Waals surface area contributed by atoms with E-state index in [4.69, 9.17) is 11.6 Å². The number of rotatable bonds is 5. The van der Waals surface area contributed by atoms with E-state index in [1.807, 2.05) is 24.3 Å². The predicted octanol–water partition coefficient (Wildman–Crippen LogP) is 3.10. The molecule has 0 heterocycles. The van der Waals surface area contributed by atoms with Crippen molar-refractivity contribution in [1.29, 1.82) is 0 Å². The summed E-state index contributed by atoms with van der Waals surface area (Å²) in [7, 11) is 1.31. The van der Waals surface area contributed by atoms with Crippen LogP contribution in [-0.4, -0.2) is 25.5 Å². The highest BCUT2D eigenvalue weighted by atomic mass is 35.5. The molecule has 1 N–H and O–H groups in total. The lowest BCUT2D eigenvalue weighted by molar-refractivity contribution is 0.0600. The standard InChI is InChI=1S/C17H16ClNO3/c1-22-17(21)14-4-2-3-13(11-14)16(20)19-10-9-12-5-7-15(18)8-6-12/h2-8,11H,9-10H2,1H3,(H,19,20). The first-order valence-electron chi connectivity index (χ1n) is 6.81. The number of benzene rings is 2. The number of carbonyl (C=O) groups is 2. The van der Waals surface area contributed by atoms with Crippen LogP contribution in [0.4, 0.5) is 0 Å². The van der Waals surface area contributed by atoms with Gasteiger partial charge in [-0.15, -0.1) is 0 Å². The van der Waals surface area contributed by atoms with Crippen molar-refractivity contribution < 1.29 is 14.3 Å². The Morgan fingerprint density at radius 3 is 2.45 bits per heavy atom. The second-order valence-electron chi connectivity index (χ2n) is 4.70. The molecule has 0 aliphatic rings. The number of carbonyl (C=O) groups excluding carboxylic acids is 2. The highest BCUT2D eigenvalue weighted by Crippen LogP contribution is 2.10. The van der Waals surface area contributed by atoms with E-state index in [1.54, 1.807) is 18.2 Å². The fraction of sp³-hybridized carbons (Fsp3) is 0.176. The lowest BCUT2D eigenvalue weighted by Crippen LogP contribution is -2.25. The van der Waals surface area contributed by atoms with E-state index in [1.165, 1.54) is 13.2 Å². The number of halogens is 1. The molecule has 0 saturated heterocycles. The molecular weight excluding hydrogens is 302 g/mol. The normalized spacial score (nSPS) is 10.1. The first kappa shape index (κ1) is 16.0. The van der Waals surface area contributed by atoms with Gasteiger partial charge in [0.05, 0.1) is 12.7 Å². The Kier molecular flexibility index (Phi) is 5.55. The van der Waals surface area contributed by atoms with Gasteiger partial charge in [0.15, 0.2) is 0 Å². The third-order valence-corrected chi connectivity index (χ3v) is 3.41. The van der Waals surface area contributed by atoms with Crippen molar-refractivity contribution in [3.05, 3.63) is 70.2 Å². The maximum Gasteiger partial charge on any atom is 0.337 e. The zero-order valence-electron chi connectivity index (χ0n) is 12.1. The van der Waals surface area contributed by atoms with Gasteiger partial charge >= 0.3 is 5.97 Å². The van der Waals surface area contributed by atoms with Gasteiger partial charge in [0.2, 0.25) is 0 Å². The molecule has 22 heavy (non-hydrogen) atoms. The number of amides is 1. The summed E-state index contributed by atoms with van der Waals surface area (Å²) < 4.78 is 4.64. The van der Waals surface area contributed by atoms with E-state index in [-0.39, 0.29) is 5.91 Å². The lowest BCUT2D eigenvalue weighted by atomic mass is 10.1. The third-order valence-electron chi connectivity index (χ3n) is 3.16. The molecule has 0 spiro atoms. The third kappa shape index (κ3) is 4.33. The van der Waals surface area contributed by atoms with Gasteiger partial charge in [-0.2, -0.15) is 0 Å². The number of ether oxygens (including phenoxy) is 1. The van der Waals surface area contributed by atoms with E-state index < -0.39 is 5.97 Å².